The zero-order valence-corrected chi connectivity index (χ0v) is 13.2. The van der Waals surface area contributed by atoms with Crippen LogP contribution >= 0.6 is 0 Å². The molecule has 2 aromatic carbocycles. The molecule has 0 spiro atoms. The highest BCUT2D eigenvalue weighted by molar-refractivity contribution is 5.96. The fraction of sp³-hybridized carbons (Fsp3) is 0.263. The van der Waals surface area contributed by atoms with Crippen LogP contribution in [0.3, 0.4) is 0 Å². The lowest BCUT2D eigenvalue weighted by Gasteiger charge is -2.06. The molecule has 0 saturated heterocycles. The molecule has 0 aliphatic heterocycles. The van der Waals surface area contributed by atoms with Gasteiger partial charge in [0.2, 0.25) is 5.91 Å². The molecular formula is C19H19F2NO2. The summed E-state index contributed by atoms with van der Waals surface area (Å²) in [4.78, 5) is 23.6. The van der Waals surface area contributed by atoms with Gasteiger partial charge in [0.05, 0.1) is 0 Å². The number of hydrogen-bond donors (Lipinski definition) is 1. The van der Waals surface area contributed by atoms with Crippen molar-refractivity contribution in [2.45, 2.75) is 25.7 Å². The largest absolute Gasteiger partial charge is 0.356 e. The lowest BCUT2D eigenvalue weighted by atomic mass is 10.1. The lowest BCUT2D eigenvalue weighted by molar-refractivity contribution is -0.121. The molecule has 126 valence electrons. The van der Waals surface area contributed by atoms with Crippen molar-refractivity contribution in [3.05, 3.63) is 71.3 Å². The minimum Gasteiger partial charge on any atom is -0.356 e. The Balaban J connectivity index is 1.65. The molecule has 5 heteroatoms. The maximum atomic E-state index is 13.4. The summed E-state index contributed by atoms with van der Waals surface area (Å²) < 4.78 is 26.2. The molecular weight excluding hydrogens is 312 g/mol. The van der Waals surface area contributed by atoms with Gasteiger partial charge >= 0.3 is 0 Å². The first-order valence-corrected chi connectivity index (χ1v) is 7.85. The number of ketones is 1. The molecule has 0 bridgehead atoms. The zero-order chi connectivity index (χ0) is 17.4. The number of carbonyl (C=O) groups excluding carboxylic acids is 2. The second kappa shape index (κ2) is 8.91. The second-order valence-corrected chi connectivity index (χ2v) is 5.47. The average molecular weight is 331 g/mol. The normalized spacial score (nSPS) is 10.4. The van der Waals surface area contributed by atoms with Crippen LogP contribution in [0.1, 0.15) is 35.2 Å². The van der Waals surface area contributed by atoms with Gasteiger partial charge in [-0.25, -0.2) is 8.78 Å². The van der Waals surface area contributed by atoms with Gasteiger partial charge < -0.3 is 5.32 Å². The van der Waals surface area contributed by atoms with E-state index < -0.39 is 0 Å². The maximum Gasteiger partial charge on any atom is 0.220 e. The molecule has 0 aliphatic carbocycles. The third kappa shape index (κ3) is 5.57. The van der Waals surface area contributed by atoms with Crippen LogP contribution in [0.15, 0.2) is 48.5 Å². The number of rotatable bonds is 8. The number of carbonyl (C=O) groups is 2. The van der Waals surface area contributed by atoms with E-state index in [9.17, 15) is 18.4 Å². The summed E-state index contributed by atoms with van der Waals surface area (Å²) in [6, 6.07) is 11.8. The molecule has 0 aromatic heterocycles. The molecule has 0 unspecified atom stereocenters. The van der Waals surface area contributed by atoms with E-state index in [0.717, 1.165) is 0 Å². The first-order chi connectivity index (χ1) is 11.6. The van der Waals surface area contributed by atoms with Crippen molar-refractivity contribution in [1.82, 2.24) is 5.32 Å². The number of hydrogen-bond acceptors (Lipinski definition) is 2. The van der Waals surface area contributed by atoms with Crippen LogP contribution in [0, 0.1) is 11.6 Å². The molecule has 0 radical (unpaired) electrons. The standard InChI is InChI=1S/C19H19F2NO2/c20-16-10-8-15(9-11-16)18(23)6-3-7-19(24)22-13-12-14-4-1-2-5-17(14)21/h1-2,4-5,8-11H,3,6-7,12-13H2,(H,22,24). The van der Waals surface area contributed by atoms with Crippen LogP contribution in [0.5, 0.6) is 0 Å². The van der Waals surface area contributed by atoms with Crippen molar-refractivity contribution < 1.29 is 18.4 Å². The van der Waals surface area contributed by atoms with E-state index in [1.165, 1.54) is 30.3 Å². The summed E-state index contributed by atoms with van der Waals surface area (Å²) in [5.74, 6) is -0.954. The van der Waals surface area contributed by atoms with Gasteiger partial charge in [-0.2, -0.15) is 0 Å². The number of Topliss-reactive ketones (excluding diaryl/α,β-unsaturated/α-hetero) is 1. The quantitative estimate of drug-likeness (QED) is 0.750. The van der Waals surface area contributed by atoms with E-state index in [0.29, 0.717) is 30.5 Å². The molecule has 24 heavy (non-hydrogen) atoms. The van der Waals surface area contributed by atoms with E-state index in [2.05, 4.69) is 5.32 Å². The first-order valence-electron chi connectivity index (χ1n) is 7.85. The van der Waals surface area contributed by atoms with E-state index in [-0.39, 0.29) is 36.2 Å². The predicted molar refractivity (Wildman–Crippen MR) is 87.7 cm³/mol. The van der Waals surface area contributed by atoms with E-state index in [1.54, 1.807) is 18.2 Å². The fourth-order valence-corrected chi connectivity index (χ4v) is 2.32. The van der Waals surface area contributed by atoms with Crippen LogP contribution in [-0.4, -0.2) is 18.2 Å². The van der Waals surface area contributed by atoms with Crippen LogP contribution in [0.25, 0.3) is 0 Å². The van der Waals surface area contributed by atoms with Gasteiger partial charge in [0.15, 0.2) is 5.78 Å². The van der Waals surface area contributed by atoms with Gasteiger partial charge in [-0.3, -0.25) is 9.59 Å². The summed E-state index contributed by atoms with van der Waals surface area (Å²) in [6.07, 6.45) is 1.30. The van der Waals surface area contributed by atoms with Crippen molar-refractivity contribution in [3.8, 4) is 0 Å². The number of benzene rings is 2. The SMILES string of the molecule is O=C(CCCC(=O)c1ccc(F)cc1)NCCc1ccccc1F. The van der Waals surface area contributed by atoms with Crippen molar-refractivity contribution in [3.63, 3.8) is 0 Å². The smallest absolute Gasteiger partial charge is 0.220 e. The third-order valence-electron chi connectivity index (χ3n) is 3.65. The van der Waals surface area contributed by atoms with E-state index in [1.807, 2.05) is 0 Å². The van der Waals surface area contributed by atoms with E-state index >= 15 is 0 Å². The van der Waals surface area contributed by atoms with Crippen LogP contribution < -0.4 is 5.32 Å². The average Bonchev–Trinajstić information content (AvgIpc) is 2.57. The summed E-state index contributed by atoms with van der Waals surface area (Å²) in [5, 5.41) is 2.71. The number of halogens is 2. The van der Waals surface area contributed by atoms with Crippen molar-refractivity contribution in [2.75, 3.05) is 6.54 Å². The van der Waals surface area contributed by atoms with Gasteiger partial charge in [0.1, 0.15) is 11.6 Å². The summed E-state index contributed by atoms with van der Waals surface area (Å²) in [7, 11) is 0. The minimum atomic E-state index is -0.388. The van der Waals surface area contributed by atoms with E-state index in [4.69, 9.17) is 0 Å². The number of amides is 1. The highest BCUT2D eigenvalue weighted by Gasteiger charge is 2.08. The Labute approximate surface area is 139 Å². The van der Waals surface area contributed by atoms with Crippen molar-refractivity contribution >= 4 is 11.7 Å². The lowest BCUT2D eigenvalue weighted by Crippen LogP contribution is -2.25. The van der Waals surface area contributed by atoms with Gasteiger partial charge in [-0.15, -0.1) is 0 Å². The second-order valence-electron chi connectivity index (χ2n) is 5.47. The molecule has 0 heterocycles. The molecule has 0 saturated carbocycles. The predicted octanol–water partition coefficient (Wildman–Crippen LogP) is 3.68. The zero-order valence-electron chi connectivity index (χ0n) is 13.2. The topological polar surface area (TPSA) is 46.2 Å². The molecule has 1 N–H and O–H groups in total. The summed E-state index contributed by atoms with van der Waals surface area (Å²) >= 11 is 0. The Morgan fingerprint density at radius 3 is 2.33 bits per heavy atom. The molecule has 2 aromatic rings. The monoisotopic (exact) mass is 331 g/mol. The highest BCUT2D eigenvalue weighted by Crippen LogP contribution is 2.09. The van der Waals surface area contributed by atoms with Crippen LogP contribution in [0.4, 0.5) is 8.78 Å². The minimum absolute atomic E-state index is 0.117. The Bertz CT molecular complexity index is 699. The molecule has 3 nitrogen and oxygen atoms in total. The van der Waals surface area contributed by atoms with Crippen LogP contribution in [-0.2, 0) is 11.2 Å². The van der Waals surface area contributed by atoms with Gasteiger partial charge in [-0.05, 0) is 48.7 Å². The summed E-state index contributed by atoms with van der Waals surface area (Å²) in [6.45, 7) is 0.353. The fourth-order valence-electron chi connectivity index (χ4n) is 2.32. The molecule has 0 aliphatic rings. The maximum absolute atomic E-state index is 13.4. The Morgan fingerprint density at radius 1 is 0.917 bits per heavy atom. The van der Waals surface area contributed by atoms with Crippen molar-refractivity contribution in [2.24, 2.45) is 0 Å². The molecule has 0 atom stereocenters. The Morgan fingerprint density at radius 2 is 1.62 bits per heavy atom. The van der Waals surface area contributed by atoms with Crippen molar-refractivity contribution in [1.29, 1.82) is 0 Å². The third-order valence-corrected chi connectivity index (χ3v) is 3.65. The Hall–Kier alpha value is -2.56. The molecule has 2 rings (SSSR count). The van der Waals surface area contributed by atoms with Gasteiger partial charge in [0.25, 0.3) is 0 Å². The number of nitrogens with one attached hydrogen (secondary N) is 1. The van der Waals surface area contributed by atoms with Gasteiger partial charge in [-0.1, -0.05) is 18.2 Å². The highest BCUT2D eigenvalue weighted by atomic mass is 19.1. The summed E-state index contributed by atoms with van der Waals surface area (Å²) in [5.41, 5.74) is 1.00. The molecule has 1 amide bonds. The van der Waals surface area contributed by atoms with Crippen LogP contribution in [0.2, 0.25) is 0 Å². The van der Waals surface area contributed by atoms with Gasteiger partial charge in [0, 0.05) is 24.9 Å². The first kappa shape index (κ1) is 17.8. The molecule has 0 fully saturated rings. The Kier molecular flexibility index (Phi) is 6.61.